The van der Waals surface area contributed by atoms with E-state index >= 15 is 0 Å². The van der Waals surface area contributed by atoms with Crippen molar-refractivity contribution in [2.24, 2.45) is 0 Å². The Bertz CT molecular complexity index is 1140. The van der Waals surface area contributed by atoms with Crippen LogP contribution in [0.15, 0.2) is 60.9 Å². The van der Waals surface area contributed by atoms with E-state index in [0.29, 0.717) is 22.7 Å². The third kappa shape index (κ3) is 3.39. The Kier molecular flexibility index (Phi) is 4.22. The van der Waals surface area contributed by atoms with Crippen LogP contribution in [0, 0.1) is 0 Å². The normalized spacial score (nSPS) is 11.5. The van der Waals surface area contributed by atoms with E-state index in [1.165, 1.54) is 12.1 Å². The van der Waals surface area contributed by atoms with Gasteiger partial charge in [-0.2, -0.15) is 22.8 Å². The fraction of sp³-hybridized carbons (Fsp3) is 0.0556. The maximum atomic E-state index is 12.3. The number of halogens is 3. The molecule has 0 atom stereocenters. The molecule has 0 spiro atoms. The van der Waals surface area contributed by atoms with Crippen molar-refractivity contribution in [1.29, 1.82) is 0 Å². The summed E-state index contributed by atoms with van der Waals surface area (Å²) in [5.41, 5.74) is 2.59. The number of rotatable bonds is 3. The molecule has 1 N–H and O–H groups in total. The molecule has 0 saturated heterocycles. The SMILES string of the molecule is O=C(Nc1ccc(-c2ccc3nnc(-c4ccncc4)n3n2)cc1)C(F)(F)F. The van der Waals surface area contributed by atoms with Crippen molar-refractivity contribution in [3.05, 3.63) is 60.9 Å². The highest BCUT2D eigenvalue weighted by Gasteiger charge is 2.38. The highest BCUT2D eigenvalue weighted by atomic mass is 19.4. The summed E-state index contributed by atoms with van der Waals surface area (Å²) in [6.07, 6.45) is -1.68. The van der Waals surface area contributed by atoms with E-state index in [1.54, 1.807) is 58.6 Å². The van der Waals surface area contributed by atoms with Crippen molar-refractivity contribution in [2.75, 3.05) is 5.32 Å². The minimum atomic E-state index is -4.94. The van der Waals surface area contributed by atoms with E-state index in [2.05, 4.69) is 20.3 Å². The Balaban J connectivity index is 1.65. The molecule has 28 heavy (non-hydrogen) atoms. The molecule has 1 amide bonds. The first-order valence-corrected chi connectivity index (χ1v) is 8.03. The lowest BCUT2D eigenvalue weighted by atomic mass is 10.1. The van der Waals surface area contributed by atoms with Gasteiger partial charge in [-0.05, 0) is 36.4 Å². The van der Waals surface area contributed by atoms with Crippen LogP contribution in [0.1, 0.15) is 0 Å². The maximum absolute atomic E-state index is 12.3. The largest absolute Gasteiger partial charge is 0.471 e. The highest BCUT2D eigenvalue weighted by molar-refractivity contribution is 5.95. The van der Waals surface area contributed by atoms with Gasteiger partial charge in [0.2, 0.25) is 0 Å². The number of anilines is 1. The molecule has 7 nitrogen and oxygen atoms in total. The zero-order valence-corrected chi connectivity index (χ0v) is 14.1. The Labute approximate surface area is 155 Å². The van der Waals surface area contributed by atoms with Gasteiger partial charge in [-0.15, -0.1) is 10.2 Å². The number of carbonyl (C=O) groups is 1. The summed E-state index contributed by atoms with van der Waals surface area (Å²) in [5.74, 6) is -1.49. The molecule has 140 valence electrons. The molecule has 10 heteroatoms. The predicted molar refractivity (Wildman–Crippen MR) is 94.1 cm³/mol. The molecule has 0 bridgehead atoms. The summed E-state index contributed by atoms with van der Waals surface area (Å²) in [5, 5.41) is 14.5. The van der Waals surface area contributed by atoms with Gasteiger partial charge in [-0.3, -0.25) is 9.78 Å². The Morgan fingerprint density at radius 1 is 0.893 bits per heavy atom. The monoisotopic (exact) mass is 384 g/mol. The van der Waals surface area contributed by atoms with Gasteiger partial charge >= 0.3 is 12.1 Å². The molecule has 0 unspecified atom stereocenters. The quantitative estimate of drug-likeness (QED) is 0.586. The molecule has 0 aliphatic carbocycles. The first-order chi connectivity index (χ1) is 13.4. The molecule has 3 aromatic heterocycles. The van der Waals surface area contributed by atoms with Gasteiger partial charge in [0.25, 0.3) is 0 Å². The van der Waals surface area contributed by atoms with E-state index in [4.69, 9.17) is 0 Å². The number of benzene rings is 1. The number of amides is 1. The van der Waals surface area contributed by atoms with E-state index in [9.17, 15) is 18.0 Å². The van der Waals surface area contributed by atoms with Crippen LogP contribution in [0.4, 0.5) is 18.9 Å². The number of pyridine rings is 1. The van der Waals surface area contributed by atoms with Gasteiger partial charge in [0.05, 0.1) is 5.69 Å². The third-order valence-electron chi connectivity index (χ3n) is 3.90. The predicted octanol–water partition coefficient (Wildman–Crippen LogP) is 3.35. The van der Waals surface area contributed by atoms with Crippen molar-refractivity contribution in [1.82, 2.24) is 24.8 Å². The van der Waals surface area contributed by atoms with E-state index in [0.717, 1.165) is 5.56 Å². The van der Waals surface area contributed by atoms with Crippen molar-refractivity contribution >= 4 is 17.2 Å². The first kappa shape index (κ1) is 17.6. The molecule has 0 saturated carbocycles. The first-order valence-electron chi connectivity index (χ1n) is 8.03. The summed E-state index contributed by atoms with van der Waals surface area (Å²) in [6, 6.07) is 12.9. The van der Waals surface area contributed by atoms with E-state index in [1.807, 2.05) is 0 Å². The van der Waals surface area contributed by atoms with Crippen molar-refractivity contribution in [3.63, 3.8) is 0 Å². The van der Waals surface area contributed by atoms with Gasteiger partial charge in [-0.1, -0.05) is 12.1 Å². The number of fused-ring (bicyclic) bond motifs is 1. The fourth-order valence-electron chi connectivity index (χ4n) is 2.55. The van der Waals surface area contributed by atoms with Gasteiger partial charge in [0.1, 0.15) is 0 Å². The molecular weight excluding hydrogens is 373 g/mol. The minimum Gasteiger partial charge on any atom is -0.318 e. The summed E-state index contributed by atoms with van der Waals surface area (Å²) in [4.78, 5) is 15.0. The molecule has 1 aromatic carbocycles. The summed E-state index contributed by atoms with van der Waals surface area (Å²) < 4.78 is 38.6. The standard InChI is InChI=1S/C18H11F3N6O/c19-18(20,21)17(28)23-13-3-1-11(2-4-13)14-5-6-15-24-25-16(27(15)26-14)12-7-9-22-10-8-12/h1-10H,(H,23,28). The van der Waals surface area contributed by atoms with Gasteiger partial charge in [0.15, 0.2) is 11.5 Å². The van der Waals surface area contributed by atoms with Crippen molar-refractivity contribution in [2.45, 2.75) is 6.18 Å². The average Bonchev–Trinajstić information content (AvgIpc) is 3.12. The van der Waals surface area contributed by atoms with Crippen LogP contribution >= 0.6 is 0 Å². The van der Waals surface area contributed by atoms with Gasteiger partial charge in [0, 0.05) is 29.2 Å². The van der Waals surface area contributed by atoms with Crippen LogP contribution in [0.3, 0.4) is 0 Å². The topological polar surface area (TPSA) is 85.1 Å². The van der Waals surface area contributed by atoms with Crippen LogP contribution < -0.4 is 5.32 Å². The second-order valence-electron chi connectivity index (χ2n) is 5.78. The highest BCUT2D eigenvalue weighted by Crippen LogP contribution is 2.23. The number of aromatic nitrogens is 5. The molecule has 0 aliphatic heterocycles. The maximum Gasteiger partial charge on any atom is 0.471 e. The molecule has 3 heterocycles. The Morgan fingerprint density at radius 3 is 2.29 bits per heavy atom. The second kappa shape index (κ2) is 6.72. The second-order valence-corrected chi connectivity index (χ2v) is 5.78. The smallest absolute Gasteiger partial charge is 0.318 e. The Morgan fingerprint density at radius 2 is 1.61 bits per heavy atom. The lowest BCUT2D eigenvalue weighted by Gasteiger charge is -2.08. The molecule has 4 aromatic rings. The summed E-state index contributed by atoms with van der Waals surface area (Å²) in [6.45, 7) is 0. The number of nitrogens with one attached hydrogen (secondary N) is 1. The number of hydrogen-bond donors (Lipinski definition) is 1. The summed E-state index contributed by atoms with van der Waals surface area (Å²) in [7, 11) is 0. The number of nitrogens with zero attached hydrogens (tertiary/aromatic N) is 5. The van der Waals surface area contributed by atoms with Crippen LogP contribution in [-0.4, -0.2) is 36.9 Å². The van der Waals surface area contributed by atoms with Crippen LogP contribution in [0.2, 0.25) is 0 Å². The van der Waals surface area contributed by atoms with Crippen LogP contribution in [0.5, 0.6) is 0 Å². The zero-order valence-electron chi connectivity index (χ0n) is 14.1. The molecular formula is C18H11F3N6O. The lowest BCUT2D eigenvalue weighted by molar-refractivity contribution is -0.167. The Hall–Kier alpha value is -3.82. The molecule has 0 radical (unpaired) electrons. The number of hydrogen-bond acceptors (Lipinski definition) is 5. The summed E-state index contributed by atoms with van der Waals surface area (Å²) >= 11 is 0. The minimum absolute atomic E-state index is 0.0360. The van der Waals surface area contributed by atoms with E-state index in [-0.39, 0.29) is 5.69 Å². The number of carbonyl (C=O) groups excluding carboxylic acids is 1. The van der Waals surface area contributed by atoms with Crippen molar-refractivity contribution in [3.8, 4) is 22.6 Å². The van der Waals surface area contributed by atoms with Gasteiger partial charge in [-0.25, -0.2) is 0 Å². The van der Waals surface area contributed by atoms with Crippen LogP contribution in [0.25, 0.3) is 28.3 Å². The number of alkyl halides is 3. The molecule has 4 rings (SSSR count). The average molecular weight is 384 g/mol. The van der Waals surface area contributed by atoms with E-state index < -0.39 is 12.1 Å². The lowest BCUT2D eigenvalue weighted by Crippen LogP contribution is -2.29. The van der Waals surface area contributed by atoms with Crippen LogP contribution in [-0.2, 0) is 4.79 Å². The molecule has 0 fully saturated rings. The van der Waals surface area contributed by atoms with Gasteiger partial charge < -0.3 is 5.32 Å². The third-order valence-corrected chi connectivity index (χ3v) is 3.90. The fourth-order valence-corrected chi connectivity index (χ4v) is 2.55. The molecule has 0 aliphatic rings. The zero-order chi connectivity index (χ0) is 19.7. The van der Waals surface area contributed by atoms with Crippen molar-refractivity contribution < 1.29 is 18.0 Å².